The van der Waals surface area contributed by atoms with Crippen molar-refractivity contribution in [2.75, 3.05) is 0 Å². The van der Waals surface area contributed by atoms with Crippen LogP contribution in [0.15, 0.2) is 24.3 Å². The standard InChI is InChI=1S/C16H22O3/c1-2-12-7-9-16(10-8-12,15(18)19)11-13-3-5-14(17)6-4-13/h3-6,12,17H,2,7-11H2,1H3,(H,18,19). The van der Waals surface area contributed by atoms with Crippen molar-refractivity contribution in [1.82, 2.24) is 0 Å². The van der Waals surface area contributed by atoms with E-state index in [-0.39, 0.29) is 5.75 Å². The van der Waals surface area contributed by atoms with Gasteiger partial charge in [-0.25, -0.2) is 0 Å². The maximum Gasteiger partial charge on any atom is 0.309 e. The molecule has 3 heteroatoms. The third kappa shape index (κ3) is 3.09. The van der Waals surface area contributed by atoms with Crippen LogP contribution in [0.2, 0.25) is 0 Å². The molecule has 2 N–H and O–H groups in total. The molecule has 0 bridgehead atoms. The van der Waals surface area contributed by atoms with Gasteiger partial charge >= 0.3 is 5.97 Å². The van der Waals surface area contributed by atoms with E-state index in [1.165, 1.54) is 0 Å². The Hall–Kier alpha value is -1.51. The summed E-state index contributed by atoms with van der Waals surface area (Å²) in [7, 11) is 0. The molecule has 0 aliphatic heterocycles. The zero-order valence-electron chi connectivity index (χ0n) is 11.4. The van der Waals surface area contributed by atoms with E-state index in [1.807, 2.05) is 12.1 Å². The van der Waals surface area contributed by atoms with E-state index in [0.717, 1.165) is 37.7 Å². The molecule has 0 spiro atoms. The number of benzene rings is 1. The van der Waals surface area contributed by atoms with Crippen molar-refractivity contribution < 1.29 is 15.0 Å². The molecule has 2 rings (SSSR count). The highest BCUT2D eigenvalue weighted by Gasteiger charge is 2.41. The van der Waals surface area contributed by atoms with Gasteiger partial charge in [0.2, 0.25) is 0 Å². The second-order valence-electron chi connectivity index (χ2n) is 5.78. The minimum atomic E-state index is -0.671. The van der Waals surface area contributed by atoms with Crippen molar-refractivity contribution in [2.24, 2.45) is 11.3 Å². The Morgan fingerprint density at radius 2 is 1.84 bits per heavy atom. The fourth-order valence-electron chi connectivity index (χ4n) is 3.11. The van der Waals surface area contributed by atoms with Crippen molar-refractivity contribution in [1.29, 1.82) is 0 Å². The molecule has 1 aliphatic rings. The summed E-state index contributed by atoms with van der Waals surface area (Å²) in [6, 6.07) is 6.91. The SMILES string of the molecule is CCC1CCC(Cc2ccc(O)cc2)(C(=O)O)CC1. The van der Waals surface area contributed by atoms with E-state index in [1.54, 1.807) is 12.1 Å². The number of rotatable bonds is 4. The number of hydrogen-bond acceptors (Lipinski definition) is 2. The summed E-state index contributed by atoms with van der Waals surface area (Å²) in [5.74, 6) is 0.241. The van der Waals surface area contributed by atoms with Gasteiger partial charge in [0.1, 0.15) is 5.75 Å². The van der Waals surface area contributed by atoms with Crippen LogP contribution in [0.25, 0.3) is 0 Å². The summed E-state index contributed by atoms with van der Waals surface area (Å²) in [5.41, 5.74) is 0.387. The zero-order chi connectivity index (χ0) is 13.9. The molecule has 19 heavy (non-hydrogen) atoms. The minimum Gasteiger partial charge on any atom is -0.508 e. The van der Waals surface area contributed by atoms with Gasteiger partial charge in [0.15, 0.2) is 0 Å². The van der Waals surface area contributed by atoms with Crippen molar-refractivity contribution in [2.45, 2.75) is 45.4 Å². The van der Waals surface area contributed by atoms with Crippen LogP contribution in [-0.2, 0) is 11.2 Å². The van der Waals surface area contributed by atoms with Crippen LogP contribution in [0.4, 0.5) is 0 Å². The molecule has 1 aromatic rings. The highest BCUT2D eigenvalue weighted by atomic mass is 16.4. The van der Waals surface area contributed by atoms with Gasteiger partial charge in [-0.15, -0.1) is 0 Å². The normalized spacial score (nSPS) is 27.1. The van der Waals surface area contributed by atoms with Gasteiger partial charge in [-0.1, -0.05) is 25.5 Å². The molecule has 0 amide bonds. The Morgan fingerprint density at radius 1 is 1.26 bits per heavy atom. The lowest BCUT2D eigenvalue weighted by atomic mass is 9.67. The van der Waals surface area contributed by atoms with Crippen LogP contribution in [0, 0.1) is 11.3 Å². The van der Waals surface area contributed by atoms with Gasteiger partial charge in [-0.2, -0.15) is 0 Å². The molecular formula is C16H22O3. The molecule has 3 nitrogen and oxygen atoms in total. The number of hydrogen-bond donors (Lipinski definition) is 2. The van der Waals surface area contributed by atoms with E-state index in [9.17, 15) is 15.0 Å². The van der Waals surface area contributed by atoms with Gasteiger partial charge in [0.25, 0.3) is 0 Å². The molecule has 1 aromatic carbocycles. The average molecular weight is 262 g/mol. The second-order valence-corrected chi connectivity index (χ2v) is 5.78. The molecular weight excluding hydrogens is 240 g/mol. The van der Waals surface area contributed by atoms with Crippen molar-refractivity contribution in [3.63, 3.8) is 0 Å². The van der Waals surface area contributed by atoms with Crippen LogP contribution in [0.3, 0.4) is 0 Å². The molecule has 1 fully saturated rings. The van der Waals surface area contributed by atoms with Crippen LogP contribution in [0.1, 0.15) is 44.6 Å². The minimum absolute atomic E-state index is 0.225. The first-order valence-electron chi connectivity index (χ1n) is 7.07. The van der Waals surface area contributed by atoms with Crippen molar-refractivity contribution >= 4 is 5.97 Å². The number of carboxylic acid groups (broad SMARTS) is 1. The Balaban J connectivity index is 2.12. The van der Waals surface area contributed by atoms with Gasteiger partial charge in [0, 0.05) is 0 Å². The van der Waals surface area contributed by atoms with Gasteiger partial charge < -0.3 is 10.2 Å². The topological polar surface area (TPSA) is 57.5 Å². The smallest absolute Gasteiger partial charge is 0.309 e. The lowest BCUT2D eigenvalue weighted by Gasteiger charge is -2.36. The Labute approximate surface area is 114 Å². The third-order valence-electron chi connectivity index (χ3n) is 4.57. The number of phenols is 1. The summed E-state index contributed by atoms with van der Waals surface area (Å²) in [6.07, 6.45) is 5.28. The molecule has 104 valence electrons. The predicted octanol–water partition coefficient (Wildman–Crippen LogP) is 3.61. The number of aliphatic carboxylic acids is 1. The Kier molecular flexibility index (Phi) is 4.13. The van der Waals surface area contributed by atoms with Crippen LogP contribution in [0.5, 0.6) is 5.75 Å². The van der Waals surface area contributed by atoms with Crippen molar-refractivity contribution in [3.8, 4) is 5.75 Å². The first-order chi connectivity index (χ1) is 9.05. The summed E-state index contributed by atoms with van der Waals surface area (Å²) >= 11 is 0. The predicted molar refractivity (Wildman–Crippen MR) is 74.1 cm³/mol. The molecule has 1 aliphatic carbocycles. The van der Waals surface area contributed by atoms with E-state index in [2.05, 4.69) is 6.92 Å². The molecule has 0 saturated heterocycles. The highest BCUT2D eigenvalue weighted by molar-refractivity contribution is 5.75. The first kappa shape index (κ1) is 13.9. The molecule has 0 heterocycles. The van der Waals surface area contributed by atoms with Crippen LogP contribution < -0.4 is 0 Å². The van der Waals surface area contributed by atoms with E-state index >= 15 is 0 Å². The largest absolute Gasteiger partial charge is 0.508 e. The van der Waals surface area contributed by atoms with Crippen LogP contribution in [-0.4, -0.2) is 16.2 Å². The maximum atomic E-state index is 11.7. The lowest BCUT2D eigenvalue weighted by Crippen LogP contribution is -2.37. The Morgan fingerprint density at radius 3 is 2.32 bits per heavy atom. The van der Waals surface area contributed by atoms with Gasteiger partial charge in [0.05, 0.1) is 5.41 Å². The number of carboxylic acids is 1. The summed E-state index contributed by atoms with van der Waals surface area (Å²) < 4.78 is 0. The molecule has 0 unspecified atom stereocenters. The van der Waals surface area contributed by atoms with E-state index in [4.69, 9.17) is 0 Å². The molecule has 0 radical (unpaired) electrons. The fraction of sp³-hybridized carbons (Fsp3) is 0.562. The Bertz CT molecular complexity index is 428. The number of phenolic OH excluding ortho intramolecular Hbond substituents is 1. The number of carbonyl (C=O) groups is 1. The average Bonchev–Trinajstić information content (AvgIpc) is 2.42. The van der Waals surface area contributed by atoms with Gasteiger partial charge in [-0.05, 0) is 55.7 Å². The number of aromatic hydroxyl groups is 1. The fourth-order valence-corrected chi connectivity index (χ4v) is 3.11. The monoisotopic (exact) mass is 262 g/mol. The maximum absolute atomic E-state index is 11.7. The van der Waals surface area contributed by atoms with Crippen LogP contribution >= 0.6 is 0 Å². The highest BCUT2D eigenvalue weighted by Crippen LogP contribution is 2.42. The molecule has 0 aromatic heterocycles. The summed E-state index contributed by atoms with van der Waals surface area (Å²) in [5, 5.41) is 18.9. The van der Waals surface area contributed by atoms with Crippen molar-refractivity contribution in [3.05, 3.63) is 29.8 Å². The summed E-state index contributed by atoms with van der Waals surface area (Å²) in [6.45, 7) is 2.18. The molecule has 0 atom stereocenters. The summed E-state index contributed by atoms with van der Waals surface area (Å²) in [4.78, 5) is 11.7. The van der Waals surface area contributed by atoms with Gasteiger partial charge in [-0.3, -0.25) is 4.79 Å². The third-order valence-corrected chi connectivity index (χ3v) is 4.57. The van der Waals surface area contributed by atoms with E-state index < -0.39 is 11.4 Å². The molecule has 1 saturated carbocycles. The quantitative estimate of drug-likeness (QED) is 0.871. The first-order valence-corrected chi connectivity index (χ1v) is 7.07. The zero-order valence-corrected chi connectivity index (χ0v) is 11.4. The van der Waals surface area contributed by atoms with E-state index in [0.29, 0.717) is 12.3 Å². The lowest BCUT2D eigenvalue weighted by molar-refractivity contribution is -0.151. The second kappa shape index (κ2) is 5.64.